The Morgan fingerprint density at radius 1 is 1.12 bits per heavy atom. The summed E-state index contributed by atoms with van der Waals surface area (Å²) in [5.41, 5.74) is -0.188. The van der Waals surface area contributed by atoms with E-state index in [2.05, 4.69) is 10.4 Å². The van der Waals surface area contributed by atoms with Crippen molar-refractivity contribution in [3.05, 3.63) is 64.5 Å². The molecule has 2 aromatic carbocycles. The number of benzene rings is 2. The Balaban J connectivity index is 1.71. The van der Waals surface area contributed by atoms with Crippen molar-refractivity contribution in [1.29, 1.82) is 0 Å². The molecule has 0 saturated heterocycles. The number of methoxy groups -OCH3 is 2. The van der Waals surface area contributed by atoms with E-state index in [4.69, 9.17) is 18.9 Å². The normalized spacial score (nSPS) is 10.3. The van der Waals surface area contributed by atoms with Gasteiger partial charge < -0.3 is 24.3 Å². The van der Waals surface area contributed by atoms with E-state index >= 15 is 0 Å². The summed E-state index contributed by atoms with van der Waals surface area (Å²) in [6.07, 6.45) is 1.55. The molecule has 0 aliphatic heterocycles. The Labute approximate surface area is 183 Å². The number of hydrogen-bond donors (Lipinski definition) is 1. The first-order valence-corrected chi connectivity index (χ1v) is 9.56. The number of anilines is 1. The minimum atomic E-state index is -0.606. The molecule has 0 fully saturated rings. The molecule has 3 rings (SSSR count). The van der Waals surface area contributed by atoms with E-state index in [-0.39, 0.29) is 23.8 Å². The summed E-state index contributed by atoms with van der Waals surface area (Å²) < 4.78 is 23.0. The standard InChI is InChI=1S/C21H22N4O7/c1-4-31-14-8-9-15(17(12-14)25(27)28)22-21(26)16-10-11-24(23-16)13-32-20-18(29-2)6-5-7-19(20)30-3/h5-12H,4,13H2,1-3H3,(H,22,26). The second kappa shape index (κ2) is 10.2. The highest BCUT2D eigenvalue weighted by Crippen LogP contribution is 2.37. The molecule has 0 atom stereocenters. The van der Waals surface area contributed by atoms with Crippen LogP contribution in [0.3, 0.4) is 0 Å². The first kappa shape index (κ1) is 22.4. The minimum absolute atomic E-state index is 0.0206. The highest BCUT2D eigenvalue weighted by Gasteiger charge is 2.19. The zero-order valence-electron chi connectivity index (χ0n) is 17.7. The van der Waals surface area contributed by atoms with Crippen molar-refractivity contribution in [1.82, 2.24) is 9.78 Å². The molecule has 0 aliphatic carbocycles. The van der Waals surface area contributed by atoms with Gasteiger partial charge in [0.1, 0.15) is 11.4 Å². The predicted octanol–water partition coefficient (Wildman–Crippen LogP) is 3.50. The van der Waals surface area contributed by atoms with Crippen molar-refractivity contribution in [2.75, 3.05) is 26.1 Å². The maximum Gasteiger partial charge on any atom is 0.296 e. The van der Waals surface area contributed by atoms with Gasteiger partial charge in [-0.2, -0.15) is 5.10 Å². The van der Waals surface area contributed by atoms with Crippen LogP contribution in [0.4, 0.5) is 11.4 Å². The monoisotopic (exact) mass is 442 g/mol. The fraction of sp³-hybridized carbons (Fsp3) is 0.238. The summed E-state index contributed by atoms with van der Waals surface area (Å²) in [6, 6.07) is 10.9. The number of nitro groups is 1. The van der Waals surface area contributed by atoms with Crippen LogP contribution in [0.15, 0.2) is 48.7 Å². The third-order valence-electron chi connectivity index (χ3n) is 4.32. The molecule has 1 amide bonds. The molecule has 1 aromatic heterocycles. The quantitative estimate of drug-likeness (QED) is 0.373. The summed E-state index contributed by atoms with van der Waals surface area (Å²) in [5.74, 6) is 1.09. The van der Waals surface area contributed by atoms with Crippen LogP contribution in [0.5, 0.6) is 23.0 Å². The van der Waals surface area contributed by atoms with Crippen LogP contribution in [-0.2, 0) is 6.73 Å². The average molecular weight is 442 g/mol. The van der Waals surface area contributed by atoms with Crippen molar-refractivity contribution in [2.45, 2.75) is 13.7 Å². The fourth-order valence-electron chi connectivity index (χ4n) is 2.86. The van der Waals surface area contributed by atoms with Gasteiger partial charge in [0.2, 0.25) is 5.75 Å². The number of nitrogens with zero attached hydrogens (tertiary/aromatic N) is 3. The predicted molar refractivity (Wildman–Crippen MR) is 115 cm³/mol. The first-order chi connectivity index (χ1) is 15.5. The lowest BCUT2D eigenvalue weighted by Gasteiger charge is -2.13. The van der Waals surface area contributed by atoms with Crippen molar-refractivity contribution < 1.29 is 28.7 Å². The Morgan fingerprint density at radius 3 is 2.47 bits per heavy atom. The number of nitrogens with one attached hydrogen (secondary N) is 1. The lowest BCUT2D eigenvalue weighted by molar-refractivity contribution is -0.384. The van der Waals surface area contributed by atoms with Gasteiger partial charge in [-0.05, 0) is 37.3 Å². The summed E-state index contributed by atoms with van der Waals surface area (Å²) in [6.45, 7) is 2.11. The minimum Gasteiger partial charge on any atom is -0.494 e. The SMILES string of the molecule is CCOc1ccc(NC(=O)c2ccn(COc3c(OC)cccc3OC)n2)c([N+](=O)[O-])c1. The molecule has 32 heavy (non-hydrogen) atoms. The number of amides is 1. The van der Waals surface area contributed by atoms with Gasteiger partial charge in [0.25, 0.3) is 11.6 Å². The molecule has 0 saturated carbocycles. The van der Waals surface area contributed by atoms with Crippen molar-refractivity contribution in [2.24, 2.45) is 0 Å². The second-order valence-electron chi connectivity index (χ2n) is 6.33. The lowest BCUT2D eigenvalue weighted by Crippen LogP contribution is -2.15. The van der Waals surface area contributed by atoms with Crippen LogP contribution in [0.1, 0.15) is 17.4 Å². The molecule has 3 aromatic rings. The lowest BCUT2D eigenvalue weighted by atomic mass is 10.2. The highest BCUT2D eigenvalue weighted by atomic mass is 16.6. The van der Waals surface area contributed by atoms with E-state index in [1.165, 1.54) is 37.1 Å². The largest absolute Gasteiger partial charge is 0.494 e. The molecule has 1 N–H and O–H groups in total. The molecule has 0 bridgehead atoms. The number of carbonyl (C=O) groups excluding carboxylic acids is 1. The second-order valence-corrected chi connectivity index (χ2v) is 6.33. The smallest absolute Gasteiger partial charge is 0.296 e. The Kier molecular flexibility index (Phi) is 7.11. The summed E-state index contributed by atoms with van der Waals surface area (Å²) >= 11 is 0. The van der Waals surface area contributed by atoms with Crippen LogP contribution < -0.4 is 24.3 Å². The zero-order chi connectivity index (χ0) is 23.1. The Hall–Kier alpha value is -4.28. The number of para-hydroxylation sites is 1. The van der Waals surface area contributed by atoms with Gasteiger partial charge in [-0.15, -0.1) is 0 Å². The van der Waals surface area contributed by atoms with Crippen LogP contribution in [-0.4, -0.2) is 41.4 Å². The van der Waals surface area contributed by atoms with Gasteiger partial charge in [0, 0.05) is 6.20 Å². The van der Waals surface area contributed by atoms with Crippen LogP contribution in [0.2, 0.25) is 0 Å². The topological polar surface area (TPSA) is 127 Å². The van der Waals surface area contributed by atoms with E-state index in [9.17, 15) is 14.9 Å². The molecule has 1 heterocycles. The number of carbonyl (C=O) groups is 1. The maximum absolute atomic E-state index is 12.6. The summed E-state index contributed by atoms with van der Waals surface area (Å²) in [5, 5.41) is 18.0. The fourth-order valence-corrected chi connectivity index (χ4v) is 2.86. The summed E-state index contributed by atoms with van der Waals surface area (Å²) in [7, 11) is 3.02. The number of nitro benzene ring substituents is 1. The van der Waals surface area contributed by atoms with E-state index < -0.39 is 10.8 Å². The van der Waals surface area contributed by atoms with Gasteiger partial charge in [-0.25, -0.2) is 4.68 Å². The van der Waals surface area contributed by atoms with Gasteiger partial charge in [0.05, 0.1) is 31.8 Å². The van der Waals surface area contributed by atoms with Crippen LogP contribution in [0, 0.1) is 10.1 Å². The van der Waals surface area contributed by atoms with Crippen molar-refractivity contribution in [3.63, 3.8) is 0 Å². The summed E-state index contributed by atoms with van der Waals surface area (Å²) in [4.78, 5) is 23.3. The van der Waals surface area contributed by atoms with E-state index in [0.717, 1.165) is 0 Å². The van der Waals surface area contributed by atoms with Gasteiger partial charge in [-0.3, -0.25) is 14.9 Å². The molecular weight excluding hydrogens is 420 g/mol. The van der Waals surface area contributed by atoms with Gasteiger partial charge in [0.15, 0.2) is 23.9 Å². The number of ether oxygens (including phenoxy) is 4. The number of hydrogen-bond acceptors (Lipinski definition) is 8. The number of rotatable bonds is 10. The molecule has 11 nitrogen and oxygen atoms in total. The molecule has 0 spiro atoms. The molecule has 168 valence electrons. The highest BCUT2D eigenvalue weighted by molar-refractivity contribution is 6.04. The Morgan fingerprint density at radius 2 is 1.84 bits per heavy atom. The molecule has 0 unspecified atom stereocenters. The van der Waals surface area contributed by atoms with Crippen LogP contribution in [0.25, 0.3) is 0 Å². The maximum atomic E-state index is 12.6. The number of aromatic nitrogens is 2. The van der Waals surface area contributed by atoms with Crippen molar-refractivity contribution >= 4 is 17.3 Å². The first-order valence-electron chi connectivity index (χ1n) is 9.56. The van der Waals surface area contributed by atoms with Gasteiger partial charge >= 0.3 is 0 Å². The molecule has 11 heteroatoms. The van der Waals surface area contributed by atoms with E-state index in [1.54, 1.807) is 37.4 Å². The zero-order valence-corrected chi connectivity index (χ0v) is 17.7. The third kappa shape index (κ3) is 5.06. The van der Waals surface area contributed by atoms with Crippen molar-refractivity contribution in [3.8, 4) is 23.0 Å². The van der Waals surface area contributed by atoms with E-state index in [1.807, 2.05) is 0 Å². The Bertz CT molecular complexity index is 1090. The molecule has 0 radical (unpaired) electrons. The van der Waals surface area contributed by atoms with E-state index in [0.29, 0.717) is 29.6 Å². The van der Waals surface area contributed by atoms with Gasteiger partial charge in [-0.1, -0.05) is 6.07 Å². The molecular formula is C21H22N4O7. The van der Waals surface area contributed by atoms with Crippen LogP contribution >= 0.6 is 0 Å². The third-order valence-corrected chi connectivity index (χ3v) is 4.32. The molecule has 0 aliphatic rings. The average Bonchev–Trinajstić information content (AvgIpc) is 3.27.